The van der Waals surface area contributed by atoms with Crippen molar-refractivity contribution in [1.29, 1.82) is 0 Å². The summed E-state index contributed by atoms with van der Waals surface area (Å²) in [7, 11) is 0. The quantitative estimate of drug-likeness (QED) is 0.477. The number of fused-ring (bicyclic) bond motifs is 2. The van der Waals surface area contributed by atoms with Gasteiger partial charge in [0.05, 0.1) is 0 Å². The van der Waals surface area contributed by atoms with Crippen molar-refractivity contribution in [2.45, 2.75) is 18.9 Å². The predicted octanol–water partition coefficient (Wildman–Crippen LogP) is 2.18. The Kier molecular flexibility index (Phi) is 0.916. The molecule has 3 rings (SSSR count). The Balaban J connectivity index is 2.08. The first kappa shape index (κ1) is 5.64. The molecule has 1 heteroatoms. The van der Waals surface area contributed by atoms with Crippen molar-refractivity contribution in [3.63, 3.8) is 0 Å². The molecule has 0 aromatic carbocycles. The average molecular weight is 146 g/mol. The first-order valence-electron chi connectivity index (χ1n) is 4.21. The highest BCUT2D eigenvalue weighted by atomic mass is 16.6. The van der Waals surface area contributed by atoms with Gasteiger partial charge < -0.3 is 4.74 Å². The number of rotatable bonds is 0. The molecule has 0 amide bonds. The van der Waals surface area contributed by atoms with Gasteiger partial charge in [0, 0.05) is 11.5 Å². The van der Waals surface area contributed by atoms with Gasteiger partial charge in [0.1, 0.15) is 5.76 Å². The third-order valence-corrected chi connectivity index (χ3v) is 2.66. The number of hydrogen-bond donors (Lipinski definition) is 0. The van der Waals surface area contributed by atoms with Gasteiger partial charge in [-0.1, -0.05) is 24.3 Å². The van der Waals surface area contributed by atoms with Crippen molar-refractivity contribution in [2.24, 2.45) is 5.92 Å². The highest BCUT2D eigenvalue weighted by molar-refractivity contribution is 5.41. The normalized spacial score (nSPS) is 37.8. The van der Waals surface area contributed by atoms with Crippen LogP contribution in [0.25, 0.3) is 0 Å². The van der Waals surface area contributed by atoms with E-state index >= 15 is 0 Å². The van der Waals surface area contributed by atoms with E-state index in [9.17, 15) is 0 Å². The van der Waals surface area contributed by atoms with Crippen molar-refractivity contribution in [3.05, 3.63) is 35.6 Å². The van der Waals surface area contributed by atoms with Gasteiger partial charge in [-0.2, -0.15) is 0 Å². The molecule has 1 fully saturated rings. The maximum Gasteiger partial charge on any atom is 0.155 e. The Morgan fingerprint density at radius 1 is 1.27 bits per heavy atom. The molecule has 0 aromatic rings. The van der Waals surface area contributed by atoms with E-state index in [0.717, 1.165) is 0 Å². The third kappa shape index (κ3) is 0.710. The fourth-order valence-electron chi connectivity index (χ4n) is 2.00. The zero-order valence-corrected chi connectivity index (χ0v) is 6.29. The largest absolute Gasteiger partial charge is 0.483 e. The molecule has 0 bridgehead atoms. The third-order valence-electron chi connectivity index (χ3n) is 2.66. The van der Waals surface area contributed by atoms with Gasteiger partial charge in [0.15, 0.2) is 6.10 Å². The van der Waals surface area contributed by atoms with E-state index in [0.29, 0.717) is 12.0 Å². The van der Waals surface area contributed by atoms with Gasteiger partial charge in [0.25, 0.3) is 0 Å². The Bertz CT molecular complexity index is 283. The van der Waals surface area contributed by atoms with E-state index in [4.69, 9.17) is 4.74 Å². The van der Waals surface area contributed by atoms with Crippen LogP contribution in [-0.2, 0) is 4.74 Å². The maximum absolute atomic E-state index is 5.44. The van der Waals surface area contributed by atoms with Crippen LogP contribution in [0.15, 0.2) is 35.6 Å². The van der Waals surface area contributed by atoms with Gasteiger partial charge in [0.2, 0.25) is 0 Å². The molecule has 2 aliphatic carbocycles. The van der Waals surface area contributed by atoms with E-state index in [1.54, 1.807) is 0 Å². The minimum absolute atomic E-state index is 0.498. The Morgan fingerprint density at radius 2 is 2.27 bits per heavy atom. The van der Waals surface area contributed by atoms with Crippen molar-refractivity contribution >= 4 is 0 Å². The Labute approximate surface area is 66.1 Å². The SMILES string of the molecule is C1=CC2=C3OC3CCC2C=C1. The molecule has 11 heavy (non-hydrogen) atoms. The van der Waals surface area contributed by atoms with Crippen LogP contribution in [0.4, 0.5) is 0 Å². The molecule has 1 heterocycles. The van der Waals surface area contributed by atoms with Gasteiger partial charge >= 0.3 is 0 Å². The van der Waals surface area contributed by atoms with Crippen LogP contribution >= 0.6 is 0 Å². The first-order valence-corrected chi connectivity index (χ1v) is 4.21. The molecule has 1 saturated heterocycles. The topological polar surface area (TPSA) is 12.5 Å². The van der Waals surface area contributed by atoms with E-state index in [-0.39, 0.29) is 0 Å². The van der Waals surface area contributed by atoms with Crippen LogP contribution < -0.4 is 0 Å². The maximum atomic E-state index is 5.44. The van der Waals surface area contributed by atoms with E-state index in [1.807, 2.05) is 0 Å². The van der Waals surface area contributed by atoms with E-state index in [2.05, 4.69) is 24.3 Å². The van der Waals surface area contributed by atoms with Gasteiger partial charge in [-0.25, -0.2) is 0 Å². The fourth-order valence-corrected chi connectivity index (χ4v) is 2.00. The molecule has 0 spiro atoms. The lowest BCUT2D eigenvalue weighted by Crippen LogP contribution is -2.08. The van der Waals surface area contributed by atoms with Crippen LogP contribution in [0, 0.1) is 5.92 Å². The Hall–Kier alpha value is -0.980. The summed E-state index contributed by atoms with van der Waals surface area (Å²) in [6.45, 7) is 0. The average Bonchev–Trinajstić information content (AvgIpc) is 2.83. The summed E-state index contributed by atoms with van der Waals surface area (Å²) in [5.41, 5.74) is 1.43. The highest BCUT2D eigenvalue weighted by Crippen LogP contribution is 2.45. The lowest BCUT2D eigenvalue weighted by molar-refractivity contribution is 0.409. The standard InChI is InChI=1S/C10H10O/c1-2-4-8-7(3-1)5-6-9-10(8)11-9/h1-4,7,9H,5-6H2. The van der Waals surface area contributed by atoms with Crippen LogP contribution in [0.2, 0.25) is 0 Å². The van der Waals surface area contributed by atoms with E-state index < -0.39 is 0 Å². The summed E-state index contributed by atoms with van der Waals surface area (Å²) < 4.78 is 5.44. The lowest BCUT2D eigenvalue weighted by Gasteiger charge is -2.16. The summed E-state index contributed by atoms with van der Waals surface area (Å²) in [6.07, 6.45) is 11.7. The summed E-state index contributed by atoms with van der Waals surface area (Å²) in [6, 6.07) is 0. The number of ether oxygens (including phenoxy) is 1. The summed E-state index contributed by atoms with van der Waals surface area (Å²) >= 11 is 0. The molecule has 0 aromatic heterocycles. The monoisotopic (exact) mass is 146 g/mol. The minimum Gasteiger partial charge on any atom is -0.483 e. The zero-order chi connectivity index (χ0) is 7.26. The van der Waals surface area contributed by atoms with Gasteiger partial charge in [-0.3, -0.25) is 0 Å². The molecular weight excluding hydrogens is 136 g/mol. The first-order chi connectivity index (χ1) is 5.45. The van der Waals surface area contributed by atoms with Crippen molar-refractivity contribution in [2.75, 3.05) is 0 Å². The van der Waals surface area contributed by atoms with Crippen LogP contribution in [0.3, 0.4) is 0 Å². The predicted molar refractivity (Wildman–Crippen MR) is 42.9 cm³/mol. The summed E-state index contributed by atoms with van der Waals surface area (Å²) in [5, 5.41) is 0. The Morgan fingerprint density at radius 3 is 3.27 bits per heavy atom. The van der Waals surface area contributed by atoms with Crippen molar-refractivity contribution in [1.82, 2.24) is 0 Å². The minimum atomic E-state index is 0.498. The number of allylic oxidation sites excluding steroid dienone is 5. The number of epoxide rings is 1. The molecule has 1 aliphatic heterocycles. The highest BCUT2D eigenvalue weighted by Gasteiger charge is 2.41. The van der Waals surface area contributed by atoms with Crippen LogP contribution in [0.1, 0.15) is 12.8 Å². The molecule has 2 atom stereocenters. The molecule has 3 aliphatic rings. The second-order valence-electron chi connectivity index (χ2n) is 3.35. The molecule has 2 unspecified atom stereocenters. The molecule has 0 radical (unpaired) electrons. The van der Waals surface area contributed by atoms with Crippen molar-refractivity contribution in [3.8, 4) is 0 Å². The number of hydrogen-bond acceptors (Lipinski definition) is 1. The van der Waals surface area contributed by atoms with E-state index in [1.165, 1.54) is 24.2 Å². The smallest absolute Gasteiger partial charge is 0.155 e. The summed E-state index contributed by atoms with van der Waals surface area (Å²) in [4.78, 5) is 0. The van der Waals surface area contributed by atoms with Gasteiger partial charge in [-0.15, -0.1) is 0 Å². The van der Waals surface area contributed by atoms with Gasteiger partial charge in [-0.05, 0) is 12.8 Å². The molecular formula is C10H10O. The lowest BCUT2D eigenvalue weighted by atomic mass is 9.85. The fraction of sp³-hybridized carbons (Fsp3) is 0.400. The second kappa shape index (κ2) is 1.79. The van der Waals surface area contributed by atoms with Crippen molar-refractivity contribution < 1.29 is 4.74 Å². The molecule has 1 nitrogen and oxygen atoms in total. The van der Waals surface area contributed by atoms with Crippen LogP contribution in [-0.4, -0.2) is 6.10 Å². The van der Waals surface area contributed by atoms with Crippen LogP contribution in [0.5, 0.6) is 0 Å². The second-order valence-corrected chi connectivity index (χ2v) is 3.35. The molecule has 56 valence electrons. The summed E-state index contributed by atoms with van der Waals surface area (Å²) in [5.74, 6) is 1.93. The molecule has 0 N–H and O–H groups in total. The molecule has 0 saturated carbocycles. The zero-order valence-electron chi connectivity index (χ0n) is 6.29.